The second-order valence-electron chi connectivity index (χ2n) is 2.72. The molecule has 5 heteroatoms. The lowest BCUT2D eigenvalue weighted by Crippen LogP contribution is -2.41. The summed E-state index contributed by atoms with van der Waals surface area (Å²) in [5, 5.41) is 7.92. The summed E-state index contributed by atoms with van der Waals surface area (Å²) in [6.45, 7) is 2.14. The molecule has 0 bridgehead atoms. The van der Waals surface area contributed by atoms with Gasteiger partial charge in [-0.1, -0.05) is 0 Å². The Balaban J connectivity index is 3.53. The van der Waals surface area contributed by atoms with E-state index in [1.54, 1.807) is 21.0 Å². The highest BCUT2D eigenvalue weighted by atomic mass is 16.2. The van der Waals surface area contributed by atoms with E-state index in [1.807, 2.05) is 0 Å². The highest BCUT2D eigenvalue weighted by molar-refractivity contribution is 5.82. The van der Waals surface area contributed by atoms with Crippen molar-refractivity contribution in [3.63, 3.8) is 0 Å². The number of amides is 2. The van der Waals surface area contributed by atoms with Crippen LogP contribution in [0.5, 0.6) is 0 Å². The molecule has 0 saturated carbocycles. The van der Waals surface area contributed by atoms with E-state index in [0.717, 1.165) is 0 Å². The molecule has 0 rings (SSSR count). The third-order valence-electron chi connectivity index (χ3n) is 1.76. The minimum Gasteiger partial charge on any atom is -0.359 e. The lowest BCUT2D eigenvalue weighted by molar-refractivity contribution is -0.123. The van der Waals surface area contributed by atoms with Gasteiger partial charge in [0.2, 0.25) is 11.8 Å². The summed E-state index contributed by atoms with van der Waals surface area (Å²) >= 11 is 0. The van der Waals surface area contributed by atoms with E-state index in [9.17, 15) is 9.59 Å². The van der Waals surface area contributed by atoms with Gasteiger partial charge in [-0.3, -0.25) is 9.59 Å². The molecule has 0 aromatic rings. The maximum absolute atomic E-state index is 11.1. The minimum absolute atomic E-state index is 0.0718. The summed E-state index contributed by atoms with van der Waals surface area (Å²) < 4.78 is 0. The summed E-state index contributed by atoms with van der Waals surface area (Å²) in [4.78, 5) is 21.9. The molecule has 1 atom stereocenters. The number of hydrogen-bond donors (Lipinski definition) is 3. The molecule has 0 aromatic carbocycles. The molecule has 2 amide bonds. The van der Waals surface area contributed by atoms with Crippen molar-refractivity contribution in [2.24, 2.45) is 0 Å². The first-order valence-electron chi connectivity index (χ1n) is 4.27. The van der Waals surface area contributed by atoms with Crippen molar-refractivity contribution in [3.05, 3.63) is 0 Å². The summed E-state index contributed by atoms with van der Waals surface area (Å²) in [7, 11) is 3.28. The molecule has 0 aromatic heterocycles. The first kappa shape index (κ1) is 11.9. The summed E-state index contributed by atoms with van der Waals surface area (Å²) in [5.41, 5.74) is 0. The predicted molar refractivity (Wildman–Crippen MR) is 50.2 cm³/mol. The molecule has 0 aliphatic heterocycles. The third-order valence-corrected chi connectivity index (χ3v) is 1.76. The van der Waals surface area contributed by atoms with Crippen LogP contribution in [0.4, 0.5) is 0 Å². The molecule has 0 fully saturated rings. The van der Waals surface area contributed by atoms with Crippen LogP contribution in [0.15, 0.2) is 0 Å². The molecule has 0 spiro atoms. The Labute approximate surface area is 78.3 Å². The van der Waals surface area contributed by atoms with Gasteiger partial charge in [0.15, 0.2) is 0 Å². The number of carbonyl (C=O) groups excluding carboxylic acids is 2. The Morgan fingerprint density at radius 1 is 1.31 bits per heavy atom. The van der Waals surface area contributed by atoms with Crippen molar-refractivity contribution in [1.82, 2.24) is 16.0 Å². The molecule has 3 N–H and O–H groups in total. The molecule has 1 unspecified atom stereocenters. The minimum atomic E-state index is -0.218. The Bertz CT molecular complexity index is 182. The summed E-state index contributed by atoms with van der Waals surface area (Å²) in [6.07, 6.45) is 0.318. The Hall–Kier alpha value is -1.10. The van der Waals surface area contributed by atoms with Crippen molar-refractivity contribution in [2.45, 2.75) is 19.4 Å². The molecule has 5 nitrogen and oxygen atoms in total. The van der Waals surface area contributed by atoms with Gasteiger partial charge in [-0.15, -0.1) is 0 Å². The van der Waals surface area contributed by atoms with Gasteiger partial charge in [0.25, 0.3) is 0 Å². The molecule has 13 heavy (non-hydrogen) atoms. The Morgan fingerprint density at radius 2 is 1.92 bits per heavy atom. The van der Waals surface area contributed by atoms with Gasteiger partial charge in [0.05, 0.1) is 6.04 Å². The van der Waals surface area contributed by atoms with Gasteiger partial charge in [-0.25, -0.2) is 0 Å². The van der Waals surface area contributed by atoms with Gasteiger partial charge in [-0.05, 0) is 14.0 Å². The summed E-state index contributed by atoms with van der Waals surface area (Å²) in [5.74, 6) is -0.163. The molecule has 0 aliphatic rings. The van der Waals surface area contributed by atoms with Crippen molar-refractivity contribution in [1.29, 1.82) is 0 Å². The van der Waals surface area contributed by atoms with Crippen LogP contribution >= 0.6 is 0 Å². The molecular formula is C8H17N3O2. The topological polar surface area (TPSA) is 70.2 Å². The molecule has 0 saturated heterocycles. The van der Waals surface area contributed by atoms with Gasteiger partial charge < -0.3 is 16.0 Å². The van der Waals surface area contributed by atoms with Crippen LogP contribution < -0.4 is 16.0 Å². The fourth-order valence-electron chi connectivity index (χ4n) is 0.708. The highest BCUT2D eigenvalue weighted by Gasteiger charge is 2.09. The number of nitrogens with one attached hydrogen (secondary N) is 3. The zero-order valence-corrected chi connectivity index (χ0v) is 8.31. The average Bonchev–Trinajstić information content (AvgIpc) is 2.15. The maximum Gasteiger partial charge on any atom is 0.236 e. The van der Waals surface area contributed by atoms with Crippen LogP contribution in [-0.2, 0) is 9.59 Å². The van der Waals surface area contributed by atoms with E-state index >= 15 is 0 Å². The predicted octanol–water partition coefficient (Wildman–Crippen LogP) is -1.15. The van der Waals surface area contributed by atoms with E-state index < -0.39 is 0 Å². The van der Waals surface area contributed by atoms with Crippen LogP contribution in [0.25, 0.3) is 0 Å². The quantitative estimate of drug-likeness (QED) is 0.509. The van der Waals surface area contributed by atoms with Gasteiger partial charge in [-0.2, -0.15) is 0 Å². The zero-order valence-electron chi connectivity index (χ0n) is 8.31. The van der Waals surface area contributed by atoms with E-state index in [2.05, 4.69) is 16.0 Å². The zero-order chi connectivity index (χ0) is 10.3. The van der Waals surface area contributed by atoms with Gasteiger partial charge in [0.1, 0.15) is 0 Å². The second kappa shape index (κ2) is 6.42. The van der Waals surface area contributed by atoms with E-state index in [1.165, 1.54) is 0 Å². The first-order valence-corrected chi connectivity index (χ1v) is 4.27. The molecule has 0 heterocycles. The van der Waals surface area contributed by atoms with Crippen molar-refractivity contribution < 1.29 is 9.59 Å². The van der Waals surface area contributed by atoms with Crippen molar-refractivity contribution in [2.75, 3.05) is 20.6 Å². The summed E-state index contributed by atoms with van der Waals surface area (Å²) in [6, 6.07) is -0.218. The van der Waals surface area contributed by atoms with E-state index in [4.69, 9.17) is 0 Å². The Kier molecular flexibility index (Phi) is 5.88. The maximum atomic E-state index is 11.1. The molecule has 0 aliphatic carbocycles. The highest BCUT2D eigenvalue weighted by Crippen LogP contribution is 1.81. The number of likely N-dealkylation sites (N-methyl/N-ethyl adjacent to an activating group) is 1. The lowest BCUT2D eigenvalue weighted by atomic mass is 10.3. The van der Waals surface area contributed by atoms with Crippen LogP contribution in [-0.4, -0.2) is 38.5 Å². The lowest BCUT2D eigenvalue weighted by Gasteiger charge is -2.10. The normalized spacial score (nSPS) is 11.9. The van der Waals surface area contributed by atoms with Crippen molar-refractivity contribution >= 4 is 11.8 Å². The van der Waals surface area contributed by atoms with Crippen molar-refractivity contribution in [3.8, 4) is 0 Å². The molecule has 76 valence electrons. The molecule has 0 radical (unpaired) electrons. The average molecular weight is 187 g/mol. The van der Waals surface area contributed by atoms with E-state index in [0.29, 0.717) is 13.0 Å². The van der Waals surface area contributed by atoms with Crippen LogP contribution in [0.3, 0.4) is 0 Å². The smallest absolute Gasteiger partial charge is 0.236 e. The largest absolute Gasteiger partial charge is 0.359 e. The van der Waals surface area contributed by atoms with E-state index in [-0.39, 0.29) is 17.9 Å². The first-order chi connectivity index (χ1) is 6.11. The Morgan fingerprint density at radius 3 is 2.38 bits per heavy atom. The number of hydrogen-bond acceptors (Lipinski definition) is 3. The van der Waals surface area contributed by atoms with Crippen LogP contribution in [0.1, 0.15) is 13.3 Å². The fraction of sp³-hybridized carbons (Fsp3) is 0.750. The second-order valence-corrected chi connectivity index (χ2v) is 2.72. The standard InChI is InChI=1S/C8H17N3O2/c1-6(9-2)8(13)11-5-4-7(12)10-3/h6,9H,4-5H2,1-3H3,(H,10,12)(H,11,13). The SMILES string of the molecule is CNC(=O)CCNC(=O)C(C)NC. The van der Waals surface area contributed by atoms with Crippen LogP contribution in [0, 0.1) is 0 Å². The monoisotopic (exact) mass is 187 g/mol. The third kappa shape index (κ3) is 5.19. The number of rotatable bonds is 5. The number of carbonyl (C=O) groups is 2. The van der Waals surface area contributed by atoms with Gasteiger partial charge in [0, 0.05) is 20.0 Å². The fourth-order valence-corrected chi connectivity index (χ4v) is 0.708. The van der Waals surface area contributed by atoms with Gasteiger partial charge >= 0.3 is 0 Å². The molecular weight excluding hydrogens is 170 g/mol. The van der Waals surface area contributed by atoms with Crippen LogP contribution in [0.2, 0.25) is 0 Å².